The Morgan fingerprint density at radius 2 is 1.62 bits per heavy atom. The Bertz CT molecular complexity index is 569. The van der Waals surface area contributed by atoms with Crippen molar-refractivity contribution in [1.82, 2.24) is 0 Å². The van der Waals surface area contributed by atoms with Gasteiger partial charge in [-0.15, -0.1) is 0 Å². The minimum atomic E-state index is -0.915. The molecule has 0 amide bonds. The fourth-order valence-corrected chi connectivity index (χ4v) is 1.86. The predicted molar refractivity (Wildman–Crippen MR) is 83.3 cm³/mol. The number of hydrogen-bond donors (Lipinski definition) is 1. The van der Waals surface area contributed by atoms with Crippen LogP contribution < -0.4 is 14.9 Å². The van der Waals surface area contributed by atoms with Gasteiger partial charge < -0.3 is 19.2 Å². The van der Waals surface area contributed by atoms with Crippen LogP contribution in [-0.4, -0.2) is 25.4 Å². The molecule has 0 aliphatic carbocycles. The Labute approximate surface area is 125 Å². The zero-order valence-electron chi connectivity index (χ0n) is 12.4. The summed E-state index contributed by atoms with van der Waals surface area (Å²) >= 11 is 0. The van der Waals surface area contributed by atoms with E-state index in [0.29, 0.717) is 17.0 Å². The molecule has 21 heavy (non-hydrogen) atoms. The van der Waals surface area contributed by atoms with Crippen LogP contribution in [0.15, 0.2) is 48.5 Å². The summed E-state index contributed by atoms with van der Waals surface area (Å²) in [6, 6.07) is 14.6. The Hall–Kier alpha value is -1.98. The number of rotatable bonds is 6. The third-order valence-corrected chi connectivity index (χ3v) is 2.80. The molecule has 2 rings (SSSR count). The van der Waals surface area contributed by atoms with E-state index in [4.69, 9.17) is 14.1 Å². The second-order valence-corrected chi connectivity index (χ2v) is 4.90. The van der Waals surface area contributed by atoms with Crippen LogP contribution in [0.1, 0.15) is 13.8 Å². The second kappa shape index (κ2) is 7.15. The molecule has 0 aliphatic heterocycles. The average Bonchev–Trinajstić information content (AvgIpc) is 2.47. The lowest BCUT2D eigenvalue weighted by atomic mass is 9.80. The molecule has 0 atom stereocenters. The van der Waals surface area contributed by atoms with Crippen molar-refractivity contribution in [3.63, 3.8) is 0 Å². The van der Waals surface area contributed by atoms with E-state index in [2.05, 4.69) is 0 Å². The van der Waals surface area contributed by atoms with Crippen LogP contribution >= 0.6 is 0 Å². The molecule has 0 heterocycles. The number of hydrogen-bond acceptors (Lipinski definition) is 4. The van der Waals surface area contributed by atoms with Gasteiger partial charge in [0.25, 0.3) is 0 Å². The van der Waals surface area contributed by atoms with Gasteiger partial charge in [-0.2, -0.15) is 0 Å². The summed E-state index contributed by atoms with van der Waals surface area (Å²) < 4.78 is 16.2. The first-order valence-corrected chi connectivity index (χ1v) is 6.84. The molecule has 110 valence electrons. The molecule has 2 aromatic rings. The van der Waals surface area contributed by atoms with Gasteiger partial charge in [0.05, 0.1) is 6.10 Å². The van der Waals surface area contributed by atoms with Gasteiger partial charge in [-0.1, -0.05) is 18.2 Å². The van der Waals surface area contributed by atoms with Crippen molar-refractivity contribution in [1.29, 1.82) is 0 Å². The highest BCUT2D eigenvalue weighted by atomic mass is 16.5. The van der Waals surface area contributed by atoms with E-state index < -0.39 is 7.12 Å². The highest BCUT2D eigenvalue weighted by molar-refractivity contribution is 6.59. The summed E-state index contributed by atoms with van der Waals surface area (Å²) in [5, 5.41) is 9.55. The van der Waals surface area contributed by atoms with Gasteiger partial charge in [0, 0.05) is 13.2 Å². The number of benzene rings is 2. The summed E-state index contributed by atoms with van der Waals surface area (Å²) in [5.41, 5.74) is 0.682. The first kappa shape index (κ1) is 15.4. The summed E-state index contributed by atoms with van der Waals surface area (Å²) in [5.74, 6) is 2.16. The molecule has 0 saturated carbocycles. The molecule has 0 fully saturated rings. The van der Waals surface area contributed by atoms with Crippen LogP contribution in [0.2, 0.25) is 0 Å². The third-order valence-electron chi connectivity index (χ3n) is 2.80. The van der Waals surface area contributed by atoms with Crippen molar-refractivity contribution >= 4 is 12.6 Å². The minimum Gasteiger partial charge on any atom is -0.491 e. The van der Waals surface area contributed by atoms with Crippen molar-refractivity contribution in [2.24, 2.45) is 0 Å². The fraction of sp³-hybridized carbons (Fsp3) is 0.250. The molecule has 0 radical (unpaired) electrons. The quantitative estimate of drug-likeness (QED) is 0.829. The summed E-state index contributed by atoms with van der Waals surface area (Å²) in [6.45, 7) is 3.96. The van der Waals surface area contributed by atoms with E-state index in [1.165, 1.54) is 7.11 Å². The van der Waals surface area contributed by atoms with Crippen molar-refractivity contribution in [2.45, 2.75) is 20.0 Å². The zero-order valence-corrected chi connectivity index (χ0v) is 12.4. The average molecular weight is 286 g/mol. The van der Waals surface area contributed by atoms with E-state index in [1.807, 2.05) is 38.1 Å². The Morgan fingerprint density at radius 1 is 0.952 bits per heavy atom. The standard InChI is InChI=1S/C16H19BO4/c1-12(2)20-15-5-4-6-16(11-15)21-14-9-7-13(8-10-14)17(18)19-3/h4-12,18H,1-3H3. The molecule has 2 aromatic carbocycles. The van der Waals surface area contributed by atoms with E-state index in [0.717, 1.165) is 5.75 Å². The molecule has 0 aliphatic rings. The minimum absolute atomic E-state index is 0.120. The predicted octanol–water partition coefficient (Wildman–Crippen LogP) is 2.60. The molecule has 1 N–H and O–H groups in total. The van der Waals surface area contributed by atoms with Crippen LogP contribution in [0.5, 0.6) is 17.2 Å². The molecule has 0 saturated heterocycles. The topological polar surface area (TPSA) is 47.9 Å². The monoisotopic (exact) mass is 286 g/mol. The highest BCUT2D eigenvalue weighted by Gasteiger charge is 2.13. The Kier molecular flexibility index (Phi) is 5.25. The maximum absolute atomic E-state index is 9.55. The van der Waals surface area contributed by atoms with E-state index in [1.54, 1.807) is 24.3 Å². The van der Waals surface area contributed by atoms with Crippen molar-refractivity contribution < 1.29 is 19.2 Å². The van der Waals surface area contributed by atoms with Crippen LogP contribution in [0, 0.1) is 0 Å². The molecular formula is C16H19BO4. The second-order valence-electron chi connectivity index (χ2n) is 4.90. The largest absolute Gasteiger partial charge is 0.491 e. The van der Waals surface area contributed by atoms with Crippen LogP contribution in [0.4, 0.5) is 0 Å². The zero-order chi connectivity index (χ0) is 15.2. The Morgan fingerprint density at radius 3 is 2.24 bits per heavy atom. The summed E-state index contributed by atoms with van der Waals surface area (Å²) in [4.78, 5) is 0. The van der Waals surface area contributed by atoms with Crippen LogP contribution in [-0.2, 0) is 4.65 Å². The molecule has 5 heteroatoms. The lowest BCUT2D eigenvalue weighted by Crippen LogP contribution is -2.31. The van der Waals surface area contributed by atoms with E-state index in [-0.39, 0.29) is 6.10 Å². The van der Waals surface area contributed by atoms with E-state index in [9.17, 15) is 5.02 Å². The molecule has 0 aromatic heterocycles. The molecule has 0 unspecified atom stereocenters. The lowest BCUT2D eigenvalue weighted by Gasteiger charge is -2.12. The third kappa shape index (κ3) is 4.51. The van der Waals surface area contributed by atoms with Gasteiger partial charge in [0.1, 0.15) is 17.2 Å². The maximum atomic E-state index is 9.55. The van der Waals surface area contributed by atoms with Gasteiger partial charge in [0.15, 0.2) is 0 Å². The first-order chi connectivity index (χ1) is 10.1. The van der Waals surface area contributed by atoms with Crippen molar-refractivity contribution in [3.05, 3.63) is 48.5 Å². The van der Waals surface area contributed by atoms with Crippen LogP contribution in [0.25, 0.3) is 0 Å². The number of ether oxygens (including phenoxy) is 2. The fourth-order valence-electron chi connectivity index (χ4n) is 1.86. The molecular weight excluding hydrogens is 267 g/mol. The lowest BCUT2D eigenvalue weighted by molar-refractivity contribution is 0.241. The van der Waals surface area contributed by atoms with Gasteiger partial charge in [0.2, 0.25) is 0 Å². The first-order valence-electron chi connectivity index (χ1n) is 6.84. The molecule has 0 bridgehead atoms. The smallest absolute Gasteiger partial charge is 0.490 e. The normalized spacial score (nSPS) is 10.5. The van der Waals surface area contributed by atoms with Gasteiger partial charge in [-0.05, 0) is 43.6 Å². The Balaban J connectivity index is 2.07. The molecule has 4 nitrogen and oxygen atoms in total. The van der Waals surface area contributed by atoms with Gasteiger partial charge in [-0.25, -0.2) is 0 Å². The highest BCUT2D eigenvalue weighted by Crippen LogP contribution is 2.25. The van der Waals surface area contributed by atoms with Crippen molar-refractivity contribution in [3.8, 4) is 17.2 Å². The van der Waals surface area contributed by atoms with Gasteiger partial charge >= 0.3 is 7.12 Å². The van der Waals surface area contributed by atoms with Crippen LogP contribution in [0.3, 0.4) is 0 Å². The van der Waals surface area contributed by atoms with Crippen molar-refractivity contribution in [2.75, 3.05) is 7.11 Å². The van der Waals surface area contributed by atoms with E-state index >= 15 is 0 Å². The maximum Gasteiger partial charge on any atom is 0.490 e. The summed E-state index contributed by atoms with van der Waals surface area (Å²) in [7, 11) is 0.539. The molecule has 0 spiro atoms. The van der Waals surface area contributed by atoms with Gasteiger partial charge in [-0.3, -0.25) is 0 Å². The SMILES string of the molecule is COB(O)c1ccc(Oc2cccc(OC(C)C)c2)cc1. The summed E-state index contributed by atoms with van der Waals surface area (Å²) in [6.07, 6.45) is 0.120.